The highest BCUT2D eigenvalue weighted by Crippen LogP contribution is 2.34. The normalized spacial score (nSPS) is 11.9. The number of hydrogen-bond donors (Lipinski definition) is 1. The van der Waals surface area contributed by atoms with E-state index in [1.54, 1.807) is 19.4 Å². The second-order valence-electron chi connectivity index (χ2n) is 6.81. The van der Waals surface area contributed by atoms with E-state index >= 15 is 0 Å². The van der Waals surface area contributed by atoms with Crippen LogP contribution in [0.1, 0.15) is 12.7 Å². The van der Waals surface area contributed by atoms with Gasteiger partial charge in [0.1, 0.15) is 11.5 Å². The maximum atomic E-state index is 12.5. The smallest absolute Gasteiger partial charge is 0.233 e. The number of amides is 1. The van der Waals surface area contributed by atoms with Crippen molar-refractivity contribution < 1.29 is 13.9 Å². The van der Waals surface area contributed by atoms with Crippen molar-refractivity contribution in [2.24, 2.45) is 0 Å². The minimum atomic E-state index is -0.306. The Hall–Kier alpha value is -3.25. The van der Waals surface area contributed by atoms with Gasteiger partial charge in [-0.25, -0.2) is 4.98 Å². The first-order valence-corrected chi connectivity index (χ1v) is 10.5. The number of furan rings is 1. The van der Waals surface area contributed by atoms with Crippen molar-refractivity contribution in [2.45, 2.75) is 23.7 Å². The van der Waals surface area contributed by atoms with Crippen LogP contribution in [0.25, 0.3) is 22.0 Å². The molecule has 0 aliphatic heterocycles. The molecule has 4 aromatic rings. The molecule has 30 heavy (non-hydrogen) atoms. The second kappa shape index (κ2) is 9.05. The summed E-state index contributed by atoms with van der Waals surface area (Å²) in [6.07, 6.45) is 1.60. The molecule has 1 N–H and O–H groups in total. The lowest BCUT2D eigenvalue weighted by Gasteiger charge is -2.14. The molecule has 0 bridgehead atoms. The molecule has 2 heterocycles. The largest absolute Gasteiger partial charge is 0.497 e. The summed E-state index contributed by atoms with van der Waals surface area (Å²) >= 11 is 1.43. The van der Waals surface area contributed by atoms with Gasteiger partial charge in [-0.3, -0.25) is 4.79 Å². The molecule has 6 heteroatoms. The predicted octanol–water partition coefficient (Wildman–Crippen LogP) is 5.30. The molecule has 2 aromatic carbocycles. The first-order valence-electron chi connectivity index (χ1n) is 9.65. The molecule has 0 radical (unpaired) electrons. The van der Waals surface area contributed by atoms with E-state index in [1.807, 2.05) is 55.5 Å². The summed E-state index contributed by atoms with van der Waals surface area (Å²) in [7, 11) is 1.64. The number of carbonyl (C=O) groups is 1. The van der Waals surface area contributed by atoms with Crippen molar-refractivity contribution in [3.63, 3.8) is 0 Å². The number of nitrogens with zero attached hydrogens (tertiary/aromatic N) is 1. The molecule has 0 aliphatic carbocycles. The number of pyridine rings is 1. The van der Waals surface area contributed by atoms with Crippen molar-refractivity contribution in [3.05, 3.63) is 78.8 Å². The number of hydrogen-bond acceptors (Lipinski definition) is 5. The average molecular weight is 419 g/mol. The van der Waals surface area contributed by atoms with E-state index < -0.39 is 0 Å². The first-order chi connectivity index (χ1) is 14.6. The molecule has 0 spiro atoms. The quantitative estimate of drug-likeness (QED) is 0.413. The van der Waals surface area contributed by atoms with E-state index in [-0.39, 0.29) is 11.2 Å². The van der Waals surface area contributed by atoms with Crippen LogP contribution in [-0.4, -0.2) is 23.3 Å². The van der Waals surface area contributed by atoms with E-state index in [0.29, 0.717) is 6.54 Å². The van der Waals surface area contributed by atoms with E-state index in [0.717, 1.165) is 38.6 Å². The molecular formula is C24H22N2O3S. The zero-order valence-corrected chi connectivity index (χ0v) is 17.6. The van der Waals surface area contributed by atoms with E-state index in [2.05, 4.69) is 17.4 Å². The number of fused-ring (bicyclic) bond motifs is 1. The number of rotatable bonds is 7. The van der Waals surface area contributed by atoms with Crippen molar-refractivity contribution in [2.75, 3.05) is 7.11 Å². The summed E-state index contributed by atoms with van der Waals surface area (Å²) in [5, 5.41) is 4.43. The van der Waals surface area contributed by atoms with E-state index in [9.17, 15) is 4.79 Å². The number of ether oxygens (including phenoxy) is 1. The summed E-state index contributed by atoms with van der Waals surface area (Å²) in [6.45, 7) is 2.25. The Morgan fingerprint density at radius 2 is 1.97 bits per heavy atom. The topological polar surface area (TPSA) is 64.4 Å². The van der Waals surface area contributed by atoms with Gasteiger partial charge in [0.25, 0.3) is 0 Å². The van der Waals surface area contributed by atoms with Crippen LogP contribution in [-0.2, 0) is 11.3 Å². The Labute approximate surface area is 179 Å². The fraction of sp³-hybridized carbons (Fsp3) is 0.167. The zero-order valence-electron chi connectivity index (χ0n) is 16.8. The van der Waals surface area contributed by atoms with Crippen molar-refractivity contribution in [3.8, 4) is 16.9 Å². The SMILES string of the molecule is COc1ccc2c(-c3ccccc3)cc(S[C@H](C)C(=O)NCc3ccco3)nc2c1. The van der Waals surface area contributed by atoms with Crippen LogP contribution in [0.5, 0.6) is 5.75 Å². The lowest BCUT2D eigenvalue weighted by atomic mass is 10.0. The maximum absolute atomic E-state index is 12.5. The van der Waals surface area contributed by atoms with Gasteiger partial charge in [-0.2, -0.15) is 0 Å². The van der Waals surface area contributed by atoms with Gasteiger partial charge in [0.05, 0.1) is 35.7 Å². The molecule has 0 fully saturated rings. The van der Waals surface area contributed by atoms with Crippen LogP contribution >= 0.6 is 11.8 Å². The molecule has 4 rings (SSSR count). The fourth-order valence-corrected chi connectivity index (χ4v) is 4.08. The van der Waals surface area contributed by atoms with Gasteiger partial charge in [-0.1, -0.05) is 42.1 Å². The highest BCUT2D eigenvalue weighted by Gasteiger charge is 2.17. The summed E-state index contributed by atoms with van der Waals surface area (Å²) in [6, 6.07) is 21.8. The van der Waals surface area contributed by atoms with Gasteiger partial charge in [0.2, 0.25) is 5.91 Å². The van der Waals surface area contributed by atoms with Crippen LogP contribution in [0.15, 0.2) is 82.4 Å². The van der Waals surface area contributed by atoms with E-state index in [1.165, 1.54) is 11.8 Å². The Morgan fingerprint density at radius 1 is 1.13 bits per heavy atom. The zero-order chi connectivity index (χ0) is 20.9. The van der Waals surface area contributed by atoms with Crippen LogP contribution in [0.4, 0.5) is 0 Å². The Balaban J connectivity index is 1.62. The molecule has 0 unspecified atom stereocenters. The number of methoxy groups -OCH3 is 1. The molecule has 0 saturated heterocycles. The third kappa shape index (κ3) is 4.49. The molecule has 1 atom stereocenters. The van der Waals surface area contributed by atoms with Crippen LogP contribution in [0.2, 0.25) is 0 Å². The summed E-state index contributed by atoms with van der Waals surface area (Å²) in [4.78, 5) is 17.3. The Morgan fingerprint density at radius 3 is 2.70 bits per heavy atom. The molecule has 2 aromatic heterocycles. The van der Waals surface area contributed by atoms with Gasteiger partial charge in [0, 0.05) is 11.5 Å². The number of carbonyl (C=O) groups excluding carboxylic acids is 1. The molecule has 0 saturated carbocycles. The minimum absolute atomic E-state index is 0.0646. The van der Waals surface area contributed by atoms with Crippen molar-refractivity contribution >= 4 is 28.6 Å². The predicted molar refractivity (Wildman–Crippen MR) is 120 cm³/mol. The van der Waals surface area contributed by atoms with Gasteiger partial charge < -0.3 is 14.5 Å². The standard InChI is InChI=1S/C24H22N2O3S/c1-16(24(27)25-15-19-9-6-12-29-19)30-23-14-21(17-7-4-3-5-8-17)20-11-10-18(28-2)13-22(20)26-23/h3-14,16H,15H2,1-2H3,(H,25,27)/t16-/m1/s1. The second-order valence-corrected chi connectivity index (χ2v) is 8.18. The number of aromatic nitrogens is 1. The summed E-state index contributed by atoms with van der Waals surface area (Å²) in [5.41, 5.74) is 3.02. The third-order valence-corrected chi connectivity index (χ3v) is 5.78. The highest BCUT2D eigenvalue weighted by atomic mass is 32.2. The van der Waals surface area contributed by atoms with Crippen LogP contribution in [0.3, 0.4) is 0 Å². The fourth-order valence-electron chi connectivity index (χ4n) is 3.19. The van der Waals surface area contributed by atoms with Gasteiger partial charge in [-0.05, 0) is 48.4 Å². The summed E-state index contributed by atoms with van der Waals surface area (Å²) in [5.74, 6) is 1.41. The maximum Gasteiger partial charge on any atom is 0.233 e. The van der Waals surface area contributed by atoms with Crippen molar-refractivity contribution in [1.82, 2.24) is 10.3 Å². The van der Waals surface area contributed by atoms with Gasteiger partial charge >= 0.3 is 0 Å². The van der Waals surface area contributed by atoms with Gasteiger partial charge in [-0.15, -0.1) is 0 Å². The van der Waals surface area contributed by atoms with Crippen LogP contribution < -0.4 is 10.1 Å². The Kier molecular flexibility index (Phi) is 6.05. The third-order valence-electron chi connectivity index (χ3n) is 4.76. The lowest BCUT2D eigenvalue weighted by Crippen LogP contribution is -2.30. The van der Waals surface area contributed by atoms with E-state index in [4.69, 9.17) is 14.1 Å². The molecule has 0 aliphatic rings. The average Bonchev–Trinajstić information content (AvgIpc) is 3.30. The minimum Gasteiger partial charge on any atom is -0.497 e. The summed E-state index contributed by atoms with van der Waals surface area (Å²) < 4.78 is 10.6. The molecule has 1 amide bonds. The molecule has 152 valence electrons. The van der Waals surface area contributed by atoms with Crippen molar-refractivity contribution in [1.29, 1.82) is 0 Å². The Bertz CT molecular complexity index is 1140. The molecule has 5 nitrogen and oxygen atoms in total. The first kappa shape index (κ1) is 20.0. The number of nitrogens with one attached hydrogen (secondary N) is 1. The number of thioether (sulfide) groups is 1. The van der Waals surface area contributed by atoms with Gasteiger partial charge in [0.15, 0.2) is 0 Å². The highest BCUT2D eigenvalue weighted by molar-refractivity contribution is 8.00. The lowest BCUT2D eigenvalue weighted by molar-refractivity contribution is -0.120. The molecular weight excluding hydrogens is 396 g/mol. The monoisotopic (exact) mass is 418 g/mol. The van der Waals surface area contributed by atoms with Crippen LogP contribution in [0, 0.1) is 0 Å². The number of benzene rings is 2.